The Morgan fingerprint density at radius 3 is 2.08 bits per heavy atom. The monoisotopic (exact) mass is 194 g/mol. The number of benzene rings is 1. The molecule has 0 aliphatic rings. The molecule has 0 bridgehead atoms. The van der Waals surface area contributed by atoms with Crippen molar-refractivity contribution in [1.29, 1.82) is 0 Å². The van der Waals surface area contributed by atoms with Crippen molar-refractivity contribution in [1.82, 2.24) is 0 Å². The van der Waals surface area contributed by atoms with E-state index in [1.54, 1.807) is 0 Å². The van der Waals surface area contributed by atoms with Crippen molar-refractivity contribution in [2.24, 2.45) is 0 Å². The summed E-state index contributed by atoms with van der Waals surface area (Å²) in [5, 5.41) is 1.37. The first-order chi connectivity index (χ1) is 5.99. The van der Waals surface area contributed by atoms with Crippen LogP contribution in [0.4, 0.5) is 0 Å². The maximum atomic E-state index is 5.96. The minimum absolute atomic E-state index is 0.0124. The summed E-state index contributed by atoms with van der Waals surface area (Å²) < 4.78 is 5.96. The van der Waals surface area contributed by atoms with Crippen molar-refractivity contribution < 1.29 is 4.43 Å². The molecule has 1 rings (SSSR count). The molecule has 2 heteroatoms. The third-order valence-electron chi connectivity index (χ3n) is 1.80. The van der Waals surface area contributed by atoms with Crippen LogP contribution < -0.4 is 5.19 Å². The molecule has 0 spiro atoms. The highest BCUT2D eigenvalue weighted by Gasteiger charge is 2.17. The van der Waals surface area contributed by atoms with Crippen LogP contribution in [0.2, 0.25) is 6.55 Å². The standard InChI is InChI=1S/C11H18OSi/c1-11(2,3)12-13(4)10-8-6-5-7-9-10/h5-9,13H,1-4H3. The lowest BCUT2D eigenvalue weighted by Crippen LogP contribution is -2.37. The fourth-order valence-corrected chi connectivity index (χ4v) is 3.28. The predicted octanol–water partition coefficient (Wildman–Crippen LogP) is 2.06. The van der Waals surface area contributed by atoms with Gasteiger partial charge in [-0.2, -0.15) is 0 Å². The van der Waals surface area contributed by atoms with E-state index in [4.69, 9.17) is 4.43 Å². The van der Waals surface area contributed by atoms with Crippen LogP contribution in [0.25, 0.3) is 0 Å². The highest BCUT2D eigenvalue weighted by atomic mass is 28.3. The first-order valence-corrected chi connectivity index (χ1v) is 6.92. The van der Waals surface area contributed by atoms with Crippen LogP contribution in [-0.4, -0.2) is 14.6 Å². The quantitative estimate of drug-likeness (QED) is 0.655. The topological polar surface area (TPSA) is 9.23 Å². The molecule has 0 aliphatic heterocycles. The van der Waals surface area contributed by atoms with E-state index in [1.807, 2.05) is 6.07 Å². The summed E-state index contributed by atoms with van der Waals surface area (Å²) in [6.45, 7) is 8.55. The van der Waals surface area contributed by atoms with E-state index in [1.165, 1.54) is 5.19 Å². The van der Waals surface area contributed by atoms with Crippen molar-refractivity contribution in [3.63, 3.8) is 0 Å². The Kier molecular flexibility index (Phi) is 3.28. The molecule has 0 fully saturated rings. The molecule has 0 N–H and O–H groups in total. The summed E-state index contributed by atoms with van der Waals surface area (Å²) in [7, 11) is -1.19. The van der Waals surface area contributed by atoms with Crippen LogP contribution in [-0.2, 0) is 4.43 Å². The van der Waals surface area contributed by atoms with E-state index in [0.29, 0.717) is 0 Å². The van der Waals surface area contributed by atoms with E-state index >= 15 is 0 Å². The molecule has 1 unspecified atom stereocenters. The lowest BCUT2D eigenvalue weighted by atomic mass is 10.2. The fraction of sp³-hybridized carbons (Fsp3) is 0.455. The van der Waals surface area contributed by atoms with Crippen molar-refractivity contribution in [2.45, 2.75) is 32.9 Å². The number of hydrogen-bond donors (Lipinski definition) is 0. The van der Waals surface area contributed by atoms with Gasteiger partial charge in [-0.3, -0.25) is 0 Å². The van der Waals surface area contributed by atoms with E-state index < -0.39 is 9.04 Å². The van der Waals surface area contributed by atoms with Gasteiger partial charge in [0.15, 0.2) is 0 Å². The van der Waals surface area contributed by atoms with Gasteiger partial charge in [-0.05, 0) is 32.5 Å². The Bertz CT molecular complexity index is 251. The second kappa shape index (κ2) is 4.07. The van der Waals surface area contributed by atoms with Gasteiger partial charge in [0.05, 0.1) is 0 Å². The zero-order valence-corrected chi connectivity index (χ0v) is 10.0. The second-order valence-corrected chi connectivity index (χ2v) is 6.47. The van der Waals surface area contributed by atoms with Crippen molar-refractivity contribution in [3.8, 4) is 0 Å². The third-order valence-corrected chi connectivity index (χ3v) is 4.18. The van der Waals surface area contributed by atoms with Crippen LogP contribution in [0, 0.1) is 0 Å². The zero-order chi connectivity index (χ0) is 9.90. The summed E-state index contributed by atoms with van der Waals surface area (Å²) in [6.07, 6.45) is 0. The molecular weight excluding hydrogens is 176 g/mol. The molecule has 0 aromatic heterocycles. The SMILES string of the molecule is C[SiH](OC(C)(C)C)c1ccccc1. The molecule has 0 radical (unpaired) electrons. The zero-order valence-electron chi connectivity index (χ0n) is 8.87. The van der Waals surface area contributed by atoms with Crippen molar-refractivity contribution in [2.75, 3.05) is 0 Å². The fourth-order valence-electron chi connectivity index (χ4n) is 1.32. The van der Waals surface area contributed by atoms with Gasteiger partial charge >= 0.3 is 0 Å². The first-order valence-electron chi connectivity index (χ1n) is 4.72. The molecule has 1 aromatic carbocycles. The predicted molar refractivity (Wildman–Crippen MR) is 59.9 cm³/mol. The van der Waals surface area contributed by atoms with Gasteiger partial charge in [0.25, 0.3) is 0 Å². The minimum atomic E-state index is -1.19. The van der Waals surface area contributed by atoms with Gasteiger partial charge in [0.2, 0.25) is 9.04 Å². The van der Waals surface area contributed by atoms with Crippen LogP contribution >= 0.6 is 0 Å². The van der Waals surface area contributed by atoms with Gasteiger partial charge < -0.3 is 4.43 Å². The molecule has 0 aliphatic carbocycles. The van der Waals surface area contributed by atoms with Crippen molar-refractivity contribution in [3.05, 3.63) is 30.3 Å². The van der Waals surface area contributed by atoms with Crippen LogP contribution in [0.15, 0.2) is 30.3 Å². The normalized spacial score (nSPS) is 14.2. The molecular formula is C11H18OSi. The minimum Gasteiger partial charge on any atom is -0.411 e. The molecule has 0 heterocycles. The Labute approximate surface area is 82.5 Å². The van der Waals surface area contributed by atoms with Crippen molar-refractivity contribution >= 4 is 14.2 Å². The Morgan fingerprint density at radius 2 is 1.62 bits per heavy atom. The molecule has 0 saturated heterocycles. The number of hydrogen-bond acceptors (Lipinski definition) is 1. The number of rotatable bonds is 2. The largest absolute Gasteiger partial charge is 0.411 e. The average molecular weight is 194 g/mol. The van der Waals surface area contributed by atoms with E-state index in [-0.39, 0.29) is 5.60 Å². The van der Waals surface area contributed by atoms with Crippen LogP contribution in [0.1, 0.15) is 20.8 Å². The Hall–Kier alpha value is -0.603. The Morgan fingerprint density at radius 1 is 1.08 bits per heavy atom. The maximum absolute atomic E-state index is 5.96. The molecule has 0 saturated carbocycles. The van der Waals surface area contributed by atoms with E-state index in [9.17, 15) is 0 Å². The van der Waals surface area contributed by atoms with Gasteiger partial charge in [0.1, 0.15) is 0 Å². The average Bonchev–Trinajstić information content (AvgIpc) is 2.03. The summed E-state index contributed by atoms with van der Waals surface area (Å²) in [6, 6.07) is 10.5. The van der Waals surface area contributed by atoms with Crippen LogP contribution in [0.5, 0.6) is 0 Å². The molecule has 13 heavy (non-hydrogen) atoms. The van der Waals surface area contributed by atoms with Gasteiger partial charge in [0, 0.05) is 5.60 Å². The highest BCUT2D eigenvalue weighted by molar-refractivity contribution is 6.66. The van der Waals surface area contributed by atoms with Gasteiger partial charge in [-0.1, -0.05) is 30.3 Å². The van der Waals surface area contributed by atoms with Gasteiger partial charge in [-0.25, -0.2) is 0 Å². The molecule has 0 amide bonds. The van der Waals surface area contributed by atoms with E-state index in [2.05, 4.69) is 51.6 Å². The summed E-state index contributed by atoms with van der Waals surface area (Å²) >= 11 is 0. The summed E-state index contributed by atoms with van der Waals surface area (Å²) in [4.78, 5) is 0. The third kappa shape index (κ3) is 3.74. The highest BCUT2D eigenvalue weighted by Crippen LogP contribution is 2.08. The first kappa shape index (κ1) is 10.5. The molecule has 1 atom stereocenters. The maximum Gasteiger partial charge on any atom is 0.205 e. The molecule has 1 aromatic rings. The smallest absolute Gasteiger partial charge is 0.205 e. The molecule has 1 nitrogen and oxygen atoms in total. The molecule has 72 valence electrons. The Balaban J connectivity index is 2.64. The van der Waals surface area contributed by atoms with Gasteiger partial charge in [-0.15, -0.1) is 0 Å². The lowest BCUT2D eigenvalue weighted by molar-refractivity contribution is 0.134. The second-order valence-electron chi connectivity index (χ2n) is 4.28. The summed E-state index contributed by atoms with van der Waals surface area (Å²) in [5.74, 6) is 0. The summed E-state index contributed by atoms with van der Waals surface area (Å²) in [5.41, 5.74) is -0.0124. The van der Waals surface area contributed by atoms with E-state index in [0.717, 1.165) is 0 Å². The van der Waals surface area contributed by atoms with Crippen LogP contribution in [0.3, 0.4) is 0 Å². The lowest BCUT2D eigenvalue weighted by Gasteiger charge is -2.24.